The second-order valence-corrected chi connectivity index (χ2v) is 4.92. The number of halogens is 1. The summed E-state index contributed by atoms with van der Waals surface area (Å²) in [5.41, 5.74) is 0.626. The van der Waals surface area contributed by atoms with Gasteiger partial charge in [-0.1, -0.05) is 11.6 Å². The molecule has 0 aliphatic carbocycles. The molecule has 4 nitrogen and oxygen atoms in total. The van der Waals surface area contributed by atoms with Crippen molar-refractivity contribution in [2.24, 2.45) is 0 Å². The first-order valence-electron chi connectivity index (χ1n) is 6.50. The number of ketones is 1. The lowest BCUT2D eigenvalue weighted by Gasteiger charge is -2.27. The Balaban J connectivity index is 2.76. The predicted octanol–water partition coefficient (Wildman–Crippen LogP) is 2.77. The summed E-state index contributed by atoms with van der Waals surface area (Å²) in [4.78, 5) is 14.4. The van der Waals surface area contributed by atoms with E-state index in [1.54, 1.807) is 31.4 Å². The van der Waals surface area contributed by atoms with E-state index in [-0.39, 0.29) is 11.8 Å². The topological polar surface area (TPSA) is 53.3 Å². The van der Waals surface area contributed by atoms with Crippen LogP contribution < -0.4 is 0 Å². The highest BCUT2D eigenvalue weighted by atomic mass is 35.5. The van der Waals surface area contributed by atoms with Gasteiger partial charge in [0.1, 0.15) is 0 Å². The van der Waals surface area contributed by atoms with Gasteiger partial charge in [-0.25, -0.2) is 0 Å². The first-order chi connectivity index (χ1) is 9.60. The molecular formula is C15H19ClN2O2. The van der Waals surface area contributed by atoms with E-state index in [1.807, 2.05) is 11.8 Å². The van der Waals surface area contributed by atoms with Gasteiger partial charge in [-0.2, -0.15) is 5.26 Å². The van der Waals surface area contributed by atoms with E-state index >= 15 is 0 Å². The third-order valence-electron chi connectivity index (χ3n) is 3.15. The number of benzene rings is 1. The molecule has 0 fully saturated rings. The lowest BCUT2D eigenvalue weighted by molar-refractivity contribution is 0.0781. The van der Waals surface area contributed by atoms with Gasteiger partial charge in [-0.05, 0) is 31.2 Å². The van der Waals surface area contributed by atoms with E-state index in [2.05, 4.69) is 6.07 Å². The van der Waals surface area contributed by atoms with Crippen molar-refractivity contribution in [3.63, 3.8) is 0 Å². The number of rotatable bonds is 8. The van der Waals surface area contributed by atoms with E-state index in [1.165, 1.54) is 0 Å². The van der Waals surface area contributed by atoms with Crippen molar-refractivity contribution in [1.29, 1.82) is 5.26 Å². The van der Waals surface area contributed by atoms with Crippen molar-refractivity contribution in [3.05, 3.63) is 34.9 Å². The minimum absolute atomic E-state index is 0.0238. The number of hydrogen-bond acceptors (Lipinski definition) is 4. The zero-order valence-corrected chi connectivity index (χ0v) is 12.6. The number of ether oxygens (including phenoxy) is 1. The zero-order valence-electron chi connectivity index (χ0n) is 11.8. The molecule has 0 aliphatic heterocycles. The Bertz CT molecular complexity index is 468. The van der Waals surface area contributed by atoms with Gasteiger partial charge in [-0.3, -0.25) is 9.69 Å². The molecule has 20 heavy (non-hydrogen) atoms. The zero-order chi connectivity index (χ0) is 15.0. The molecule has 1 unspecified atom stereocenters. The highest BCUT2D eigenvalue weighted by Crippen LogP contribution is 2.13. The SMILES string of the molecule is COCCN(CCC#N)C(C)C(=O)c1ccc(Cl)cc1. The van der Waals surface area contributed by atoms with Gasteiger partial charge >= 0.3 is 0 Å². The molecule has 0 N–H and O–H groups in total. The molecule has 1 aromatic rings. The smallest absolute Gasteiger partial charge is 0.179 e. The predicted molar refractivity (Wildman–Crippen MR) is 78.9 cm³/mol. The molecule has 0 spiro atoms. The maximum Gasteiger partial charge on any atom is 0.179 e. The van der Waals surface area contributed by atoms with Crippen molar-refractivity contribution in [3.8, 4) is 6.07 Å². The highest BCUT2D eigenvalue weighted by molar-refractivity contribution is 6.30. The maximum absolute atomic E-state index is 12.4. The van der Waals surface area contributed by atoms with Crippen LogP contribution in [0.3, 0.4) is 0 Å². The molecule has 0 saturated heterocycles. The van der Waals surface area contributed by atoms with Crippen LogP contribution in [0.2, 0.25) is 5.02 Å². The van der Waals surface area contributed by atoms with Crippen molar-refractivity contribution in [1.82, 2.24) is 4.90 Å². The minimum Gasteiger partial charge on any atom is -0.383 e. The van der Waals surface area contributed by atoms with Crippen LogP contribution in [0.25, 0.3) is 0 Å². The number of hydrogen-bond donors (Lipinski definition) is 0. The fraction of sp³-hybridized carbons (Fsp3) is 0.467. The van der Waals surface area contributed by atoms with E-state index < -0.39 is 0 Å². The number of carbonyl (C=O) groups is 1. The molecule has 0 aliphatic rings. The van der Waals surface area contributed by atoms with Gasteiger partial charge in [0.15, 0.2) is 5.78 Å². The van der Waals surface area contributed by atoms with Gasteiger partial charge in [0.05, 0.1) is 18.7 Å². The molecule has 0 aromatic heterocycles. The van der Waals surface area contributed by atoms with Crippen molar-refractivity contribution in [2.45, 2.75) is 19.4 Å². The fourth-order valence-electron chi connectivity index (χ4n) is 1.92. The summed E-state index contributed by atoms with van der Waals surface area (Å²) in [5, 5.41) is 9.31. The Hall–Kier alpha value is -1.41. The van der Waals surface area contributed by atoms with Gasteiger partial charge in [-0.15, -0.1) is 0 Å². The van der Waals surface area contributed by atoms with Crippen LogP contribution in [0, 0.1) is 11.3 Å². The first kappa shape index (κ1) is 16.6. The third-order valence-corrected chi connectivity index (χ3v) is 3.40. The molecule has 1 rings (SSSR count). The molecule has 0 bridgehead atoms. The second-order valence-electron chi connectivity index (χ2n) is 4.48. The average Bonchev–Trinajstić information content (AvgIpc) is 2.47. The number of Topliss-reactive ketones (excluding diaryl/α,β-unsaturated/α-hetero) is 1. The van der Waals surface area contributed by atoms with Gasteiger partial charge in [0.25, 0.3) is 0 Å². The highest BCUT2D eigenvalue weighted by Gasteiger charge is 2.21. The Morgan fingerprint density at radius 2 is 2.05 bits per heavy atom. The number of methoxy groups -OCH3 is 1. The Morgan fingerprint density at radius 1 is 1.40 bits per heavy atom. The Labute approximate surface area is 124 Å². The van der Waals surface area contributed by atoms with Crippen LogP contribution in [0.4, 0.5) is 0 Å². The van der Waals surface area contributed by atoms with Crippen molar-refractivity contribution < 1.29 is 9.53 Å². The Morgan fingerprint density at radius 3 is 2.60 bits per heavy atom. The van der Waals surface area contributed by atoms with Crippen molar-refractivity contribution >= 4 is 17.4 Å². The fourth-order valence-corrected chi connectivity index (χ4v) is 2.05. The summed E-state index contributed by atoms with van der Waals surface area (Å²) in [6.07, 6.45) is 0.391. The molecular weight excluding hydrogens is 276 g/mol. The monoisotopic (exact) mass is 294 g/mol. The molecule has 0 heterocycles. The number of nitriles is 1. The number of nitrogens with zero attached hydrogens (tertiary/aromatic N) is 2. The second kappa shape index (κ2) is 8.70. The number of carbonyl (C=O) groups excluding carboxylic acids is 1. The summed E-state index contributed by atoms with van der Waals surface area (Å²) in [7, 11) is 1.62. The van der Waals surface area contributed by atoms with Crippen LogP contribution in [0.15, 0.2) is 24.3 Å². The molecule has 1 atom stereocenters. The van der Waals surface area contributed by atoms with Crippen LogP contribution in [0.5, 0.6) is 0 Å². The molecule has 0 saturated carbocycles. The molecule has 5 heteroatoms. The molecule has 0 amide bonds. The van der Waals surface area contributed by atoms with Crippen LogP contribution in [-0.4, -0.2) is 43.5 Å². The largest absolute Gasteiger partial charge is 0.383 e. The maximum atomic E-state index is 12.4. The third kappa shape index (κ3) is 4.93. The van der Waals surface area contributed by atoms with Gasteiger partial charge < -0.3 is 4.74 Å². The van der Waals surface area contributed by atoms with E-state index in [0.717, 1.165) is 0 Å². The summed E-state index contributed by atoms with van der Waals surface area (Å²) in [6, 6.07) is 8.67. The summed E-state index contributed by atoms with van der Waals surface area (Å²) < 4.78 is 5.05. The molecule has 1 aromatic carbocycles. The summed E-state index contributed by atoms with van der Waals surface area (Å²) in [6.45, 7) is 3.56. The lowest BCUT2D eigenvalue weighted by atomic mass is 10.0. The average molecular weight is 295 g/mol. The summed E-state index contributed by atoms with van der Waals surface area (Å²) in [5.74, 6) is 0.0238. The van der Waals surface area contributed by atoms with Crippen LogP contribution in [-0.2, 0) is 4.74 Å². The molecule has 108 valence electrons. The standard InChI is InChI=1S/C15H19ClN2O2/c1-12(18(9-3-8-17)10-11-20-2)15(19)13-4-6-14(16)7-5-13/h4-7,12H,3,9-11H2,1-2H3. The van der Waals surface area contributed by atoms with Crippen LogP contribution >= 0.6 is 11.6 Å². The molecule has 0 radical (unpaired) electrons. The van der Waals surface area contributed by atoms with E-state index in [4.69, 9.17) is 21.6 Å². The van der Waals surface area contributed by atoms with E-state index in [9.17, 15) is 4.79 Å². The van der Waals surface area contributed by atoms with E-state index in [0.29, 0.717) is 36.7 Å². The van der Waals surface area contributed by atoms with Crippen LogP contribution in [0.1, 0.15) is 23.7 Å². The van der Waals surface area contributed by atoms with Crippen molar-refractivity contribution in [2.75, 3.05) is 26.8 Å². The Kier molecular flexibility index (Phi) is 7.24. The summed E-state index contributed by atoms with van der Waals surface area (Å²) >= 11 is 5.82. The normalized spacial score (nSPS) is 12.2. The minimum atomic E-state index is -0.292. The van der Waals surface area contributed by atoms with Gasteiger partial charge in [0.2, 0.25) is 0 Å². The lowest BCUT2D eigenvalue weighted by Crippen LogP contribution is -2.41. The first-order valence-corrected chi connectivity index (χ1v) is 6.87. The van der Waals surface area contributed by atoms with Gasteiger partial charge in [0, 0.05) is 37.2 Å². The quantitative estimate of drug-likeness (QED) is 0.692.